The molecule has 2 amide bonds. The van der Waals surface area contributed by atoms with Crippen molar-refractivity contribution >= 4 is 11.8 Å². The summed E-state index contributed by atoms with van der Waals surface area (Å²) in [5.74, 6) is 0.527. The minimum absolute atomic E-state index is 0.0987. The lowest BCUT2D eigenvalue weighted by Crippen LogP contribution is -2.53. The number of morpholine rings is 1. The van der Waals surface area contributed by atoms with Crippen molar-refractivity contribution in [3.63, 3.8) is 0 Å². The van der Waals surface area contributed by atoms with Crippen molar-refractivity contribution < 1.29 is 14.3 Å². The zero-order valence-corrected chi connectivity index (χ0v) is 13.6. The van der Waals surface area contributed by atoms with Gasteiger partial charge < -0.3 is 14.5 Å². The van der Waals surface area contributed by atoms with Crippen molar-refractivity contribution in [2.45, 2.75) is 64.0 Å². The van der Waals surface area contributed by atoms with Gasteiger partial charge in [-0.3, -0.25) is 9.59 Å². The minimum Gasteiger partial charge on any atom is -0.375 e. The van der Waals surface area contributed by atoms with E-state index < -0.39 is 0 Å². The second kappa shape index (κ2) is 6.99. The molecule has 2 aliphatic heterocycles. The molecule has 3 aliphatic rings. The Balaban J connectivity index is 1.64. The molecule has 0 aromatic heterocycles. The molecule has 0 N–H and O–H groups in total. The third kappa shape index (κ3) is 3.29. The zero-order chi connectivity index (χ0) is 15.5. The van der Waals surface area contributed by atoms with E-state index in [4.69, 9.17) is 4.74 Å². The molecule has 0 aromatic rings. The monoisotopic (exact) mass is 308 g/mol. The largest absolute Gasteiger partial charge is 0.375 e. The number of amides is 2. The van der Waals surface area contributed by atoms with Crippen LogP contribution >= 0.6 is 0 Å². The average molecular weight is 308 g/mol. The average Bonchev–Trinajstić information content (AvgIpc) is 3.04. The van der Waals surface area contributed by atoms with E-state index in [9.17, 15) is 9.59 Å². The van der Waals surface area contributed by atoms with Crippen LogP contribution in [0.3, 0.4) is 0 Å². The van der Waals surface area contributed by atoms with Gasteiger partial charge in [0, 0.05) is 25.6 Å². The Morgan fingerprint density at radius 3 is 2.45 bits per heavy atom. The summed E-state index contributed by atoms with van der Waals surface area (Å²) in [6.45, 7) is 4.67. The number of hydrogen-bond donors (Lipinski definition) is 0. The topological polar surface area (TPSA) is 49.9 Å². The van der Waals surface area contributed by atoms with Gasteiger partial charge in [-0.25, -0.2) is 0 Å². The predicted molar refractivity (Wildman–Crippen MR) is 83.3 cm³/mol. The summed E-state index contributed by atoms with van der Waals surface area (Å²) < 4.78 is 5.52. The van der Waals surface area contributed by atoms with E-state index in [-0.39, 0.29) is 29.9 Å². The first-order chi connectivity index (χ1) is 10.7. The number of rotatable bonds is 2. The maximum atomic E-state index is 12.8. The molecule has 5 nitrogen and oxygen atoms in total. The van der Waals surface area contributed by atoms with E-state index in [2.05, 4.69) is 0 Å². The Bertz CT molecular complexity index is 420. The molecular formula is C17H28N2O3. The van der Waals surface area contributed by atoms with E-state index in [0.717, 1.165) is 45.1 Å². The van der Waals surface area contributed by atoms with Crippen LogP contribution in [0.4, 0.5) is 0 Å². The molecule has 1 aliphatic carbocycles. The van der Waals surface area contributed by atoms with Crippen LogP contribution in [0.25, 0.3) is 0 Å². The first kappa shape index (κ1) is 15.8. The summed E-state index contributed by atoms with van der Waals surface area (Å²) in [6, 6.07) is -0.222. The highest BCUT2D eigenvalue weighted by Gasteiger charge is 2.39. The fourth-order valence-corrected chi connectivity index (χ4v) is 4.10. The van der Waals surface area contributed by atoms with Crippen molar-refractivity contribution in [3.8, 4) is 0 Å². The van der Waals surface area contributed by atoms with Crippen LogP contribution in [0.5, 0.6) is 0 Å². The van der Waals surface area contributed by atoms with Gasteiger partial charge >= 0.3 is 0 Å². The molecule has 3 fully saturated rings. The predicted octanol–water partition coefficient (Wildman–Crippen LogP) is 1.80. The highest BCUT2D eigenvalue weighted by atomic mass is 16.5. The van der Waals surface area contributed by atoms with E-state index in [1.54, 1.807) is 0 Å². The first-order valence-electron chi connectivity index (χ1n) is 8.87. The van der Waals surface area contributed by atoms with Crippen molar-refractivity contribution in [3.05, 3.63) is 0 Å². The Kier molecular flexibility index (Phi) is 5.01. The summed E-state index contributed by atoms with van der Waals surface area (Å²) in [5.41, 5.74) is 0. The van der Waals surface area contributed by atoms with Gasteiger partial charge in [0.15, 0.2) is 0 Å². The highest BCUT2D eigenvalue weighted by Crippen LogP contribution is 2.29. The molecule has 0 radical (unpaired) electrons. The van der Waals surface area contributed by atoms with Gasteiger partial charge in [-0.05, 0) is 32.6 Å². The lowest BCUT2D eigenvalue weighted by molar-refractivity contribution is -0.150. The number of nitrogens with zero attached hydrogens (tertiary/aromatic N) is 2. The first-order valence-corrected chi connectivity index (χ1v) is 8.87. The standard InChI is InChI=1S/C17H28N2O3/c1-13-12-18(10-11-22-13)17(21)15-8-5-9-19(15)16(20)14-6-3-2-4-7-14/h13-15H,2-12H2,1H3/t13-,15-/m1/s1. The van der Waals surface area contributed by atoms with Crippen LogP contribution in [-0.4, -0.2) is 60.0 Å². The molecule has 22 heavy (non-hydrogen) atoms. The summed E-state index contributed by atoms with van der Waals surface area (Å²) >= 11 is 0. The number of likely N-dealkylation sites (tertiary alicyclic amines) is 1. The molecule has 124 valence electrons. The molecule has 1 saturated carbocycles. The van der Waals surface area contributed by atoms with Crippen LogP contribution in [0, 0.1) is 5.92 Å². The molecule has 3 rings (SSSR count). The van der Waals surface area contributed by atoms with Crippen LogP contribution in [-0.2, 0) is 14.3 Å². The van der Waals surface area contributed by atoms with E-state index in [1.165, 1.54) is 6.42 Å². The smallest absolute Gasteiger partial charge is 0.245 e. The van der Waals surface area contributed by atoms with Gasteiger partial charge in [-0.2, -0.15) is 0 Å². The van der Waals surface area contributed by atoms with Crippen molar-refractivity contribution in [1.82, 2.24) is 9.80 Å². The molecule has 0 aromatic carbocycles. The van der Waals surface area contributed by atoms with E-state index in [1.807, 2.05) is 16.7 Å². The van der Waals surface area contributed by atoms with Gasteiger partial charge in [0.25, 0.3) is 0 Å². The normalized spacial score (nSPS) is 30.6. The van der Waals surface area contributed by atoms with Crippen molar-refractivity contribution in [2.24, 2.45) is 5.92 Å². The fraction of sp³-hybridized carbons (Fsp3) is 0.882. The number of carbonyl (C=O) groups is 2. The molecule has 5 heteroatoms. The van der Waals surface area contributed by atoms with Gasteiger partial charge in [-0.15, -0.1) is 0 Å². The lowest BCUT2D eigenvalue weighted by atomic mass is 9.88. The SMILES string of the molecule is C[C@@H]1CN(C(=O)[C@H]2CCCN2C(=O)C2CCCCC2)CCO1. The fourth-order valence-electron chi connectivity index (χ4n) is 4.10. The van der Waals surface area contributed by atoms with Crippen LogP contribution in [0.15, 0.2) is 0 Å². The van der Waals surface area contributed by atoms with Gasteiger partial charge in [0.2, 0.25) is 11.8 Å². The second-order valence-corrected chi connectivity index (χ2v) is 6.99. The maximum absolute atomic E-state index is 12.8. The highest BCUT2D eigenvalue weighted by molar-refractivity contribution is 5.89. The quantitative estimate of drug-likeness (QED) is 0.781. The zero-order valence-electron chi connectivity index (χ0n) is 13.6. The van der Waals surface area contributed by atoms with Gasteiger partial charge in [-0.1, -0.05) is 19.3 Å². The second-order valence-electron chi connectivity index (χ2n) is 6.99. The Morgan fingerprint density at radius 1 is 0.955 bits per heavy atom. The Hall–Kier alpha value is -1.10. The van der Waals surface area contributed by atoms with Gasteiger partial charge in [0.05, 0.1) is 12.7 Å². The van der Waals surface area contributed by atoms with Crippen LogP contribution in [0.1, 0.15) is 51.9 Å². The van der Waals surface area contributed by atoms with Crippen molar-refractivity contribution in [1.29, 1.82) is 0 Å². The maximum Gasteiger partial charge on any atom is 0.245 e. The summed E-state index contributed by atoms with van der Waals surface area (Å²) in [5, 5.41) is 0. The van der Waals surface area contributed by atoms with Crippen molar-refractivity contribution in [2.75, 3.05) is 26.2 Å². The Morgan fingerprint density at radius 2 is 1.73 bits per heavy atom. The number of ether oxygens (including phenoxy) is 1. The third-order valence-electron chi connectivity index (χ3n) is 5.33. The molecular weight excluding hydrogens is 280 g/mol. The lowest BCUT2D eigenvalue weighted by Gasteiger charge is -2.36. The number of carbonyl (C=O) groups excluding carboxylic acids is 2. The molecule has 0 unspecified atom stereocenters. The molecule has 2 saturated heterocycles. The minimum atomic E-state index is -0.222. The van der Waals surface area contributed by atoms with Crippen LogP contribution < -0.4 is 0 Å². The molecule has 2 atom stereocenters. The van der Waals surface area contributed by atoms with Crippen LogP contribution in [0.2, 0.25) is 0 Å². The van der Waals surface area contributed by atoms with E-state index in [0.29, 0.717) is 19.7 Å². The number of hydrogen-bond acceptors (Lipinski definition) is 3. The Labute approximate surface area is 133 Å². The summed E-state index contributed by atoms with van der Waals surface area (Å²) in [7, 11) is 0. The summed E-state index contributed by atoms with van der Waals surface area (Å²) in [4.78, 5) is 29.4. The molecule has 0 spiro atoms. The molecule has 0 bridgehead atoms. The van der Waals surface area contributed by atoms with Gasteiger partial charge in [0.1, 0.15) is 6.04 Å². The third-order valence-corrected chi connectivity index (χ3v) is 5.33. The molecule has 2 heterocycles. The van der Waals surface area contributed by atoms with E-state index >= 15 is 0 Å². The summed E-state index contributed by atoms with van der Waals surface area (Å²) in [6.07, 6.45) is 7.44.